The van der Waals surface area contributed by atoms with Gasteiger partial charge < -0.3 is 33.8 Å². The molecule has 0 aliphatic heterocycles. The van der Waals surface area contributed by atoms with E-state index in [0.29, 0.717) is 37.5 Å². The molecule has 0 saturated heterocycles. The largest absolute Gasteiger partial charge is 0.472 e. The summed E-state index contributed by atoms with van der Waals surface area (Å²) >= 11 is 0. The van der Waals surface area contributed by atoms with Gasteiger partial charge in [0.25, 0.3) is 0 Å². The molecule has 19 heteroatoms. The number of hydrogen-bond donors (Lipinski definition) is 3. The average molecular weight is 1400 g/mol. The summed E-state index contributed by atoms with van der Waals surface area (Å²) < 4.78 is 68.4. The molecule has 5 atom stereocenters. The molecular weight excluding hydrogens is 1250 g/mol. The number of carbonyl (C=O) groups is 4. The van der Waals surface area contributed by atoms with Gasteiger partial charge in [-0.25, -0.2) is 9.13 Å². The summed E-state index contributed by atoms with van der Waals surface area (Å²) in [6.45, 7) is 9.44. The number of phosphoric acid groups is 2. The van der Waals surface area contributed by atoms with Crippen molar-refractivity contribution >= 4 is 39.5 Å². The number of aliphatic hydroxyl groups excluding tert-OH is 1. The van der Waals surface area contributed by atoms with Crippen molar-refractivity contribution in [2.75, 3.05) is 39.6 Å². The van der Waals surface area contributed by atoms with Crippen LogP contribution in [0.3, 0.4) is 0 Å². The van der Waals surface area contributed by atoms with Crippen molar-refractivity contribution < 1.29 is 80.2 Å². The van der Waals surface area contributed by atoms with Gasteiger partial charge in [-0.15, -0.1) is 0 Å². The standard InChI is InChI=1S/C76H148O17P2/c1-7-9-11-13-15-17-19-21-23-25-26-28-30-32-34-36-40-48-54-60-75(80)92-71(64-86-73(78)58-52-46-39-35-33-31-29-27-24-22-20-18-16-14-12-10-8-2)66-90-94(82,83)88-62-70(77)63-89-95(84,85)91-67-72(65-87-74(79)59-53-47-43-42-45-51-57-69(5)6)93-76(81)61-55-49-41-37-38-44-50-56-68(3)4/h68-72,77H,7-67H2,1-6H3,(H,82,83)(H,84,85)/t70-,71-,72-/m1/s1. The molecule has 564 valence electrons. The first kappa shape index (κ1) is 93.1. The van der Waals surface area contributed by atoms with Gasteiger partial charge in [0.15, 0.2) is 12.2 Å². The smallest absolute Gasteiger partial charge is 0.462 e. The fourth-order valence-corrected chi connectivity index (χ4v) is 13.2. The van der Waals surface area contributed by atoms with E-state index in [9.17, 15) is 43.2 Å². The minimum absolute atomic E-state index is 0.103. The third-order valence-electron chi connectivity index (χ3n) is 17.7. The van der Waals surface area contributed by atoms with Crippen molar-refractivity contribution in [3.63, 3.8) is 0 Å². The first-order valence-electron chi connectivity index (χ1n) is 39.5. The van der Waals surface area contributed by atoms with Gasteiger partial charge in [-0.3, -0.25) is 37.3 Å². The highest BCUT2D eigenvalue weighted by Gasteiger charge is 2.30. The molecule has 0 heterocycles. The molecule has 17 nitrogen and oxygen atoms in total. The van der Waals surface area contributed by atoms with Crippen molar-refractivity contribution in [3.8, 4) is 0 Å². The van der Waals surface area contributed by atoms with E-state index in [1.54, 1.807) is 0 Å². The lowest BCUT2D eigenvalue weighted by Crippen LogP contribution is -2.30. The number of carbonyl (C=O) groups excluding carboxylic acids is 4. The maximum atomic E-state index is 13.1. The van der Waals surface area contributed by atoms with Crippen LogP contribution in [0.25, 0.3) is 0 Å². The number of aliphatic hydroxyl groups is 1. The van der Waals surface area contributed by atoms with E-state index in [1.165, 1.54) is 205 Å². The van der Waals surface area contributed by atoms with Crippen LogP contribution in [0.5, 0.6) is 0 Å². The van der Waals surface area contributed by atoms with Crippen molar-refractivity contribution in [2.45, 2.75) is 413 Å². The lowest BCUT2D eigenvalue weighted by atomic mass is 10.0. The Kier molecular flexibility index (Phi) is 66.5. The Labute approximate surface area is 581 Å². The maximum Gasteiger partial charge on any atom is 0.472 e. The Morgan fingerprint density at radius 1 is 0.284 bits per heavy atom. The van der Waals surface area contributed by atoms with E-state index in [2.05, 4.69) is 41.5 Å². The zero-order valence-corrected chi connectivity index (χ0v) is 63.8. The van der Waals surface area contributed by atoms with E-state index < -0.39 is 97.5 Å². The normalized spacial score (nSPS) is 14.0. The summed E-state index contributed by atoms with van der Waals surface area (Å²) in [6, 6.07) is 0. The van der Waals surface area contributed by atoms with Crippen LogP contribution in [0.2, 0.25) is 0 Å². The summed E-state index contributed by atoms with van der Waals surface area (Å²) in [5.41, 5.74) is 0. The predicted molar refractivity (Wildman–Crippen MR) is 386 cm³/mol. The quantitative estimate of drug-likeness (QED) is 0.0222. The van der Waals surface area contributed by atoms with Gasteiger partial charge in [-0.2, -0.15) is 0 Å². The number of hydrogen-bond acceptors (Lipinski definition) is 15. The molecule has 0 aliphatic carbocycles. The highest BCUT2D eigenvalue weighted by molar-refractivity contribution is 7.47. The van der Waals surface area contributed by atoms with E-state index in [4.69, 9.17) is 37.0 Å². The molecule has 0 aliphatic rings. The van der Waals surface area contributed by atoms with Crippen LogP contribution in [0.15, 0.2) is 0 Å². The molecule has 0 rings (SSSR count). The summed E-state index contributed by atoms with van der Waals surface area (Å²) in [7, 11) is -9.91. The van der Waals surface area contributed by atoms with Gasteiger partial charge in [0, 0.05) is 25.7 Å². The molecule has 0 aromatic carbocycles. The molecule has 0 spiro atoms. The van der Waals surface area contributed by atoms with Crippen LogP contribution in [-0.4, -0.2) is 96.7 Å². The Balaban J connectivity index is 5.20. The van der Waals surface area contributed by atoms with Crippen molar-refractivity contribution in [3.05, 3.63) is 0 Å². The predicted octanol–water partition coefficient (Wildman–Crippen LogP) is 22.3. The number of esters is 4. The maximum absolute atomic E-state index is 13.1. The summed E-state index contributed by atoms with van der Waals surface area (Å²) in [5, 5.41) is 10.6. The topological polar surface area (TPSA) is 237 Å². The molecule has 0 aromatic rings. The Morgan fingerprint density at radius 3 is 0.716 bits per heavy atom. The molecule has 0 radical (unpaired) electrons. The van der Waals surface area contributed by atoms with Crippen LogP contribution in [0.4, 0.5) is 0 Å². The number of ether oxygens (including phenoxy) is 4. The van der Waals surface area contributed by atoms with Gasteiger partial charge in [-0.05, 0) is 37.5 Å². The lowest BCUT2D eigenvalue weighted by molar-refractivity contribution is -0.161. The molecule has 0 aromatic heterocycles. The van der Waals surface area contributed by atoms with Gasteiger partial charge in [-0.1, -0.05) is 343 Å². The first-order chi connectivity index (χ1) is 45.9. The summed E-state index contributed by atoms with van der Waals surface area (Å²) in [6.07, 6.45) is 55.9. The van der Waals surface area contributed by atoms with Gasteiger partial charge >= 0.3 is 39.5 Å². The number of phosphoric ester groups is 2. The molecular formula is C76H148O17P2. The van der Waals surface area contributed by atoms with Crippen molar-refractivity contribution in [2.24, 2.45) is 11.8 Å². The van der Waals surface area contributed by atoms with Crippen molar-refractivity contribution in [1.29, 1.82) is 0 Å². The van der Waals surface area contributed by atoms with Crippen LogP contribution >= 0.6 is 15.6 Å². The summed E-state index contributed by atoms with van der Waals surface area (Å²) in [4.78, 5) is 72.7. The molecule has 95 heavy (non-hydrogen) atoms. The van der Waals surface area contributed by atoms with Crippen LogP contribution in [-0.2, 0) is 65.4 Å². The molecule has 2 unspecified atom stereocenters. The second-order valence-electron chi connectivity index (χ2n) is 28.3. The molecule has 0 bridgehead atoms. The fourth-order valence-electron chi connectivity index (χ4n) is 11.7. The molecule has 0 fully saturated rings. The minimum atomic E-state index is -4.96. The Morgan fingerprint density at radius 2 is 0.484 bits per heavy atom. The number of unbranched alkanes of at least 4 members (excludes halogenated alkanes) is 45. The monoisotopic (exact) mass is 1400 g/mol. The van der Waals surface area contributed by atoms with Gasteiger partial charge in [0.05, 0.1) is 26.4 Å². The second-order valence-corrected chi connectivity index (χ2v) is 31.3. The van der Waals surface area contributed by atoms with E-state index in [-0.39, 0.29) is 25.7 Å². The zero-order valence-electron chi connectivity index (χ0n) is 62.0. The fraction of sp³-hybridized carbons (Fsp3) is 0.947. The SMILES string of the molecule is CCCCCCCCCCCCCCCCCCCCCC(=O)O[C@H](COC(=O)CCCCCCCCCCCCCCCCCCC)COP(=O)(O)OC[C@@H](O)COP(=O)(O)OC[C@@H](COC(=O)CCCCCCCCC(C)C)OC(=O)CCCCCCCCCC(C)C. The van der Waals surface area contributed by atoms with Crippen molar-refractivity contribution in [1.82, 2.24) is 0 Å². The Hall–Kier alpha value is -1.94. The average Bonchev–Trinajstić information content (AvgIpc) is 3.58. The van der Waals surface area contributed by atoms with E-state index >= 15 is 0 Å². The van der Waals surface area contributed by atoms with Crippen LogP contribution in [0, 0.1) is 11.8 Å². The molecule has 3 N–H and O–H groups in total. The van der Waals surface area contributed by atoms with Gasteiger partial charge in [0.1, 0.15) is 19.3 Å². The lowest BCUT2D eigenvalue weighted by Gasteiger charge is -2.21. The minimum Gasteiger partial charge on any atom is -0.462 e. The van der Waals surface area contributed by atoms with Crippen LogP contribution < -0.4 is 0 Å². The first-order valence-corrected chi connectivity index (χ1v) is 42.5. The second kappa shape index (κ2) is 67.9. The highest BCUT2D eigenvalue weighted by atomic mass is 31.2. The number of rotatable bonds is 75. The van der Waals surface area contributed by atoms with Gasteiger partial charge in [0.2, 0.25) is 0 Å². The molecule has 0 amide bonds. The molecule has 0 saturated carbocycles. The van der Waals surface area contributed by atoms with E-state index in [1.807, 2.05) is 0 Å². The third-order valence-corrected chi connectivity index (χ3v) is 19.6. The summed E-state index contributed by atoms with van der Waals surface area (Å²) in [5.74, 6) is -0.746. The highest BCUT2D eigenvalue weighted by Crippen LogP contribution is 2.45. The van der Waals surface area contributed by atoms with E-state index in [0.717, 1.165) is 96.3 Å². The zero-order chi connectivity index (χ0) is 70.0. The van der Waals surface area contributed by atoms with Crippen LogP contribution in [0.1, 0.15) is 395 Å². The Bertz CT molecular complexity index is 1840. The third kappa shape index (κ3) is 70.3.